The van der Waals surface area contributed by atoms with E-state index in [0.29, 0.717) is 11.1 Å². The van der Waals surface area contributed by atoms with Gasteiger partial charge < -0.3 is 9.29 Å². The average Bonchev–Trinajstić information content (AvgIpc) is 2.76. The maximum absolute atomic E-state index is 13.7. The maximum atomic E-state index is 13.7. The van der Waals surface area contributed by atoms with Crippen LogP contribution in [0.1, 0.15) is 111 Å². The summed E-state index contributed by atoms with van der Waals surface area (Å²) in [6.07, 6.45) is 0. The van der Waals surface area contributed by atoms with Crippen molar-refractivity contribution in [1.29, 1.82) is 0 Å². The molecule has 0 radical (unpaired) electrons. The molecule has 0 amide bonds. The van der Waals surface area contributed by atoms with Crippen molar-refractivity contribution in [2.45, 2.75) is 117 Å². The minimum Gasteiger partial charge on any atom is -0.507 e. The molecule has 4 nitrogen and oxygen atoms in total. The summed E-state index contributed by atoms with van der Waals surface area (Å²) in [4.78, 5) is 0.0897. The summed E-state index contributed by atoms with van der Waals surface area (Å²) in [6, 6.07) is 14.8. The molecule has 3 aromatic rings. The highest BCUT2D eigenvalue weighted by Gasteiger charge is 2.33. The summed E-state index contributed by atoms with van der Waals surface area (Å²) >= 11 is 0. The number of aromatic hydroxyl groups is 1. The third kappa shape index (κ3) is 6.74. The summed E-state index contributed by atoms with van der Waals surface area (Å²) in [5, 5.41) is 11.8. The molecule has 0 saturated carbocycles. The molecule has 5 heteroatoms. The molecule has 0 saturated heterocycles. The molecule has 0 bridgehead atoms. The van der Waals surface area contributed by atoms with Crippen LogP contribution in [0.5, 0.6) is 11.5 Å². The molecule has 3 rings (SSSR count). The molecule has 218 valence electrons. The smallest absolute Gasteiger partial charge is 0.339 e. The molecule has 0 atom stereocenters. The second-order valence-electron chi connectivity index (χ2n) is 15.2. The van der Waals surface area contributed by atoms with E-state index in [1.165, 1.54) is 0 Å². The molecule has 0 aliphatic rings. The summed E-state index contributed by atoms with van der Waals surface area (Å²) < 4.78 is 33.5. The first-order valence-corrected chi connectivity index (χ1v) is 15.4. The highest BCUT2D eigenvalue weighted by Crippen LogP contribution is 2.49. The van der Waals surface area contributed by atoms with Gasteiger partial charge in [0.1, 0.15) is 10.6 Å². The number of benzene rings is 3. The van der Waals surface area contributed by atoms with Crippen LogP contribution in [-0.4, -0.2) is 13.5 Å². The summed E-state index contributed by atoms with van der Waals surface area (Å²) in [5.41, 5.74) is 4.54. The van der Waals surface area contributed by atoms with Crippen LogP contribution in [0.2, 0.25) is 0 Å². The van der Waals surface area contributed by atoms with Crippen molar-refractivity contribution in [3.63, 3.8) is 0 Å². The summed E-state index contributed by atoms with van der Waals surface area (Å²) in [6.45, 7) is 27.1. The van der Waals surface area contributed by atoms with Crippen molar-refractivity contribution in [3.8, 4) is 22.6 Å². The van der Waals surface area contributed by atoms with Gasteiger partial charge in [-0.25, -0.2) is 0 Å². The van der Waals surface area contributed by atoms with Crippen LogP contribution in [0.15, 0.2) is 53.4 Å². The van der Waals surface area contributed by atoms with Gasteiger partial charge in [-0.1, -0.05) is 113 Å². The Kier molecular flexibility index (Phi) is 8.12. The van der Waals surface area contributed by atoms with E-state index < -0.39 is 15.5 Å². The lowest BCUT2D eigenvalue weighted by molar-refractivity contribution is 0.444. The zero-order valence-corrected chi connectivity index (χ0v) is 27.5. The van der Waals surface area contributed by atoms with Crippen molar-refractivity contribution in [2.75, 3.05) is 0 Å². The zero-order valence-electron chi connectivity index (χ0n) is 26.7. The Labute approximate surface area is 242 Å². The molecule has 0 fully saturated rings. The fourth-order valence-electron chi connectivity index (χ4n) is 4.62. The topological polar surface area (TPSA) is 63.6 Å². The Hall–Kier alpha value is -2.79. The minimum atomic E-state index is -4.16. The summed E-state index contributed by atoms with van der Waals surface area (Å²) in [7, 11) is -4.16. The molecular formula is C35H48O4S. The highest BCUT2D eigenvalue weighted by atomic mass is 32.2. The van der Waals surface area contributed by atoms with Crippen molar-refractivity contribution in [1.82, 2.24) is 0 Å². The number of hydrogen-bond donors (Lipinski definition) is 1. The van der Waals surface area contributed by atoms with Crippen LogP contribution in [0.3, 0.4) is 0 Å². The fourth-order valence-corrected chi connectivity index (χ4v) is 5.58. The molecule has 0 heterocycles. The van der Waals surface area contributed by atoms with E-state index in [2.05, 4.69) is 95.2 Å². The van der Waals surface area contributed by atoms with Gasteiger partial charge in [0, 0.05) is 22.3 Å². The van der Waals surface area contributed by atoms with Crippen molar-refractivity contribution < 1.29 is 17.7 Å². The fraction of sp³-hybridized carbons (Fsp3) is 0.486. The van der Waals surface area contributed by atoms with Crippen LogP contribution >= 0.6 is 0 Å². The van der Waals surface area contributed by atoms with Crippen LogP contribution < -0.4 is 4.18 Å². The Morgan fingerprint density at radius 2 is 1.02 bits per heavy atom. The Morgan fingerprint density at radius 1 is 0.600 bits per heavy atom. The number of aryl methyl sites for hydroxylation is 1. The molecule has 1 N–H and O–H groups in total. The van der Waals surface area contributed by atoms with Gasteiger partial charge in [0.15, 0.2) is 5.75 Å². The number of hydrogen-bond acceptors (Lipinski definition) is 4. The van der Waals surface area contributed by atoms with E-state index >= 15 is 0 Å². The van der Waals surface area contributed by atoms with E-state index in [9.17, 15) is 13.5 Å². The molecule has 40 heavy (non-hydrogen) atoms. The average molecular weight is 565 g/mol. The lowest BCUT2D eigenvalue weighted by Crippen LogP contribution is -2.21. The maximum Gasteiger partial charge on any atom is 0.339 e. The molecule has 0 unspecified atom stereocenters. The van der Waals surface area contributed by atoms with Gasteiger partial charge in [-0.3, -0.25) is 0 Å². The largest absolute Gasteiger partial charge is 0.507 e. The third-order valence-corrected chi connectivity index (χ3v) is 8.58. The molecule has 0 aliphatic carbocycles. The molecule has 0 aliphatic heterocycles. The molecule has 0 spiro atoms. The first-order chi connectivity index (χ1) is 17.9. The predicted octanol–water partition coefficient (Wildman–Crippen LogP) is 9.33. The van der Waals surface area contributed by atoms with Gasteiger partial charge in [-0.15, -0.1) is 0 Å². The van der Waals surface area contributed by atoms with Crippen molar-refractivity contribution >= 4 is 10.1 Å². The third-order valence-electron chi connectivity index (χ3n) is 7.34. The number of phenolic OH excluding ortho intramolecular Hbond substituents is 1. The first kappa shape index (κ1) is 31.7. The second kappa shape index (κ2) is 10.2. The van der Waals surface area contributed by atoms with Gasteiger partial charge >= 0.3 is 10.1 Å². The SMILES string of the molecule is Cc1ccc(S(=O)(=O)Oc2c(-c3cc(C(C)(C)C)cc(C(C)(C)C)c3O)cc(C(C)(C)C)cc2C(C)(C)C)cc1. The van der Waals surface area contributed by atoms with Crippen LogP contribution in [0.25, 0.3) is 11.1 Å². The quantitative estimate of drug-likeness (QED) is 0.321. The predicted molar refractivity (Wildman–Crippen MR) is 167 cm³/mol. The lowest BCUT2D eigenvalue weighted by atomic mass is 9.75. The Balaban J connectivity index is 2.53. The minimum absolute atomic E-state index is 0.0897. The van der Waals surface area contributed by atoms with Gasteiger partial charge in [0.25, 0.3) is 0 Å². The van der Waals surface area contributed by atoms with E-state index in [-0.39, 0.29) is 32.6 Å². The normalized spacial score (nSPS) is 13.4. The van der Waals surface area contributed by atoms with Crippen LogP contribution in [0, 0.1) is 6.92 Å². The number of phenols is 1. The van der Waals surface area contributed by atoms with E-state index in [1.54, 1.807) is 24.3 Å². The highest BCUT2D eigenvalue weighted by molar-refractivity contribution is 7.87. The first-order valence-electron chi connectivity index (χ1n) is 14.0. The van der Waals surface area contributed by atoms with Gasteiger partial charge in [0.05, 0.1) is 0 Å². The van der Waals surface area contributed by atoms with Crippen LogP contribution in [-0.2, 0) is 31.8 Å². The van der Waals surface area contributed by atoms with Crippen LogP contribution in [0.4, 0.5) is 0 Å². The molecule has 0 aromatic heterocycles. The van der Waals surface area contributed by atoms with E-state index in [4.69, 9.17) is 4.18 Å². The lowest BCUT2D eigenvalue weighted by Gasteiger charge is -2.31. The molecule has 3 aromatic carbocycles. The van der Waals surface area contributed by atoms with E-state index in [0.717, 1.165) is 27.8 Å². The molecular weight excluding hydrogens is 516 g/mol. The second-order valence-corrected chi connectivity index (χ2v) is 16.7. The van der Waals surface area contributed by atoms with E-state index in [1.807, 2.05) is 19.1 Å². The van der Waals surface area contributed by atoms with Crippen molar-refractivity contribution in [3.05, 3.63) is 76.3 Å². The zero-order chi connectivity index (χ0) is 30.6. The van der Waals surface area contributed by atoms with Gasteiger partial charge in [-0.2, -0.15) is 8.42 Å². The standard InChI is InChI=1S/C35H48O4S/c1-22-14-16-25(17-15-22)40(37,38)39-31-27(19-24(33(5,6)7)21-29(31)35(11,12)13)26-18-23(32(2,3)4)20-28(30(26)36)34(8,9)10/h14-21,36H,1-13H3. The number of rotatable bonds is 4. The Bertz CT molecular complexity index is 1500. The van der Waals surface area contributed by atoms with Crippen molar-refractivity contribution in [2.24, 2.45) is 0 Å². The Morgan fingerprint density at radius 3 is 1.45 bits per heavy atom. The van der Waals surface area contributed by atoms with Gasteiger partial charge in [-0.05, 0) is 64.0 Å². The van der Waals surface area contributed by atoms with Gasteiger partial charge in [0.2, 0.25) is 0 Å². The summed E-state index contributed by atoms with van der Waals surface area (Å²) in [5.74, 6) is 0.395. The monoisotopic (exact) mass is 564 g/mol.